The molecule has 2 aromatic heterocycles. The molecule has 0 spiro atoms. The molecule has 6 rings (SSSR count). The molecule has 0 bridgehead atoms. The molecule has 40 heavy (non-hydrogen) atoms. The summed E-state index contributed by atoms with van der Waals surface area (Å²) >= 11 is 0. The van der Waals surface area contributed by atoms with Crippen LogP contribution in [0.3, 0.4) is 0 Å². The Bertz CT molecular complexity index is 1140. The van der Waals surface area contributed by atoms with E-state index in [1.165, 1.54) is 81.9 Å². The lowest BCUT2D eigenvalue weighted by Crippen LogP contribution is -2.37. The van der Waals surface area contributed by atoms with Gasteiger partial charge >= 0.3 is 0 Å². The average Bonchev–Trinajstić information content (AvgIpc) is 3.40. The average molecular weight is 557 g/mol. The number of hydrogen-bond donors (Lipinski definition) is 1. The number of benzene rings is 1. The second-order valence-corrected chi connectivity index (χ2v) is 10.9. The lowest BCUT2D eigenvalue weighted by atomic mass is 9.86. The number of fused-ring (bicyclic) bond motifs is 1. The number of morpholine rings is 1. The fourth-order valence-corrected chi connectivity index (χ4v) is 5.72. The lowest BCUT2D eigenvalue weighted by molar-refractivity contribution is 0.122. The van der Waals surface area contributed by atoms with Crippen LogP contribution in [0.25, 0.3) is 16.9 Å². The van der Waals surface area contributed by atoms with E-state index in [0.29, 0.717) is 54.8 Å². The number of nitrogens with zero attached hydrogens (tertiary/aromatic N) is 5. The summed E-state index contributed by atoms with van der Waals surface area (Å²) in [6.07, 6.45) is 11.9. The normalized spacial score (nSPS) is 18.2. The number of alkyl halides is 2. The zero-order valence-corrected chi connectivity index (χ0v) is 24.3. The highest BCUT2D eigenvalue weighted by Crippen LogP contribution is 2.29. The quantitative estimate of drug-likeness (QED) is 0.364. The Hall–Kier alpha value is -2.65. The van der Waals surface area contributed by atoms with Crippen LogP contribution in [0.1, 0.15) is 89.2 Å². The Labute approximate surface area is 237 Å². The first kappa shape index (κ1) is 30.3. The third-order valence-corrected chi connectivity index (χ3v) is 7.79. The number of nitrogens with one attached hydrogen (secondary N) is 1. The number of halogens is 2. The first-order chi connectivity index (χ1) is 19.6. The predicted molar refractivity (Wildman–Crippen MR) is 158 cm³/mol. The van der Waals surface area contributed by atoms with Gasteiger partial charge in [-0.25, -0.2) is 23.7 Å². The Kier molecular flexibility index (Phi) is 12.1. The largest absolute Gasteiger partial charge is 0.378 e. The number of ether oxygens (including phenoxy) is 1. The molecular formula is C31H46F2N6O. The topological polar surface area (TPSA) is 68.1 Å². The number of aromatic nitrogens is 4. The van der Waals surface area contributed by atoms with E-state index in [1.54, 1.807) is 37.3 Å². The summed E-state index contributed by atoms with van der Waals surface area (Å²) in [5.74, 6) is 2.43. The van der Waals surface area contributed by atoms with Gasteiger partial charge in [-0.2, -0.15) is 0 Å². The molecule has 9 heteroatoms. The summed E-state index contributed by atoms with van der Waals surface area (Å²) < 4.78 is 33.9. The molecule has 4 heterocycles. The van der Waals surface area contributed by atoms with Gasteiger partial charge in [0.1, 0.15) is 17.5 Å². The van der Waals surface area contributed by atoms with Crippen molar-refractivity contribution in [3.05, 3.63) is 42.0 Å². The number of aryl methyl sites for hydroxylation is 1. The SMILES string of the molecule is C1CCNCC1.CCCC1CCCCC1.Cc1nc(N2CCOCC2)cc(-n2c(C(F)F)nc3ccccc32)n1. The molecule has 7 nitrogen and oxygen atoms in total. The van der Waals surface area contributed by atoms with Gasteiger partial charge in [0.25, 0.3) is 6.43 Å². The van der Waals surface area contributed by atoms with Crippen LogP contribution in [0.4, 0.5) is 14.6 Å². The van der Waals surface area contributed by atoms with Crippen molar-refractivity contribution in [1.82, 2.24) is 24.8 Å². The number of rotatable bonds is 5. The van der Waals surface area contributed by atoms with E-state index >= 15 is 0 Å². The van der Waals surface area contributed by atoms with Crippen LogP contribution in [-0.2, 0) is 4.74 Å². The van der Waals surface area contributed by atoms with Crippen molar-refractivity contribution in [2.24, 2.45) is 5.92 Å². The predicted octanol–water partition coefficient (Wildman–Crippen LogP) is 7.02. The summed E-state index contributed by atoms with van der Waals surface area (Å²) in [5, 5.41) is 3.28. The molecule has 220 valence electrons. The molecular weight excluding hydrogens is 510 g/mol. The Morgan fingerprint density at radius 3 is 2.23 bits per heavy atom. The number of para-hydroxylation sites is 2. The molecule has 1 aromatic carbocycles. The van der Waals surface area contributed by atoms with Crippen LogP contribution in [0.2, 0.25) is 0 Å². The summed E-state index contributed by atoms with van der Waals surface area (Å²) in [6.45, 7) is 9.22. The van der Waals surface area contributed by atoms with Crippen molar-refractivity contribution in [3.8, 4) is 5.82 Å². The van der Waals surface area contributed by atoms with Gasteiger partial charge in [0.15, 0.2) is 5.82 Å². The summed E-state index contributed by atoms with van der Waals surface area (Å²) in [5.41, 5.74) is 1.12. The van der Waals surface area contributed by atoms with Gasteiger partial charge in [0.05, 0.1) is 24.2 Å². The van der Waals surface area contributed by atoms with Crippen LogP contribution in [0, 0.1) is 12.8 Å². The van der Waals surface area contributed by atoms with Gasteiger partial charge in [0.2, 0.25) is 0 Å². The molecule has 1 aliphatic carbocycles. The van der Waals surface area contributed by atoms with E-state index in [4.69, 9.17) is 4.74 Å². The van der Waals surface area contributed by atoms with Gasteiger partial charge in [-0.3, -0.25) is 4.57 Å². The minimum absolute atomic E-state index is 0.313. The second-order valence-electron chi connectivity index (χ2n) is 10.9. The maximum atomic E-state index is 13.6. The summed E-state index contributed by atoms with van der Waals surface area (Å²) in [6, 6.07) is 8.79. The van der Waals surface area contributed by atoms with Gasteiger partial charge < -0.3 is 15.0 Å². The van der Waals surface area contributed by atoms with Gasteiger partial charge in [-0.05, 0) is 50.9 Å². The standard InChI is InChI=1S/C17H17F2N5O.C9H18.C5H11N/c1-11-20-14(23-6-8-25-9-7-23)10-15(21-11)24-13-5-3-2-4-12(13)22-17(24)16(18)19;1-2-6-9-7-4-3-5-8-9;1-2-4-6-5-3-1/h2-5,10,16H,6-9H2,1H3;9H,2-8H2,1H3;6H,1-5H2. The lowest BCUT2D eigenvalue weighted by Gasteiger charge is -2.28. The Morgan fingerprint density at radius 2 is 1.60 bits per heavy atom. The van der Waals surface area contributed by atoms with E-state index in [0.717, 1.165) is 5.92 Å². The zero-order valence-electron chi connectivity index (χ0n) is 24.3. The van der Waals surface area contributed by atoms with Crippen molar-refractivity contribution in [3.63, 3.8) is 0 Å². The van der Waals surface area contributed by atoms with Crippen molar-refractivity contribution >= 4 is 16.9 Å². The van der Waals surface area contributed by atoms with Crippen molar-refractivity contribution in [1.29, 1.82) is 0 Å². The molecule has 0 amide bonds. The third kappa shape index (κ3) is 8.67. The Balaban J connectivity index is 0.000000201. The molecule has 3 aromatic rings. The maximum absolute atomic E-state index is 13.6. The smallest absolute Gasteiger partial charge is 0.296 e. The second kappa shape index (κ2) is 16.0. The van der Waals surface area contributed by atoms with Crippen LogP contribution >= 0.6 is 0 Å². The highest BCUT2D eigenvalue weighted by atomic mass is 19.3. The third-order valence-electron chi connectivity index (χ3n) is 7.79. The van der Waals surface area contributed by atoms with Crippen LogP contribution < -0.4 is 10.2 Å². The minimum Gasteiger partial charge on any atom is -0.378 e. The highest BCUT2D eigenvalue weighted by molar-refractivity contribution is 5.78. The first-order valence-corrected chi connectivity index (χ1v) is 15.2. The van der Waals surface area contributed by atoms with E-state index < -0.39 is 6.43 Å². The molecule has 2 aliphatic heterocycles. The molecule has 1 N–H and O–H groups in total. The van der Waals surface area contributed by atoms with Crippen LogP contribution in [0.15, 0.2) is 30.3 Å². The highest BCUT2D eigenvalue weighted by Gasteiger charge is 2.22. The molecule has 3 fully saturated rings. The fraction of sp³-hybridized carbons (Fsp3) is 0.645. The zero-order chi connectivity index (χ0) is 28.2. The molecule has 0 unspecified atom stereocenters. The van der Waals surface area contributed by atoms with E-state index in [1.807, 2.05) is 0 Å². The number of piperidine rings is 1. The number of hydrogen-bond acceptors (Lipinski definition) is 6. The van der Waals surface area contributed by atoms with Gasteiger partial charge in [0, 0.05) is 19.2 Å². The molecule has 3 aliphatic rings. The van der Waals surface area contributed by atoms with Crippen LogP contribution in [0.5, 0.6) is 0 Å². The summed E-state index contributed by atoms with van der Waals surface area (Å²) in [7, 11) is 0. The van der Waals surface area contributed by atoms with E-state index in [-0.39, 0.29) is 5.82 Å². The molecule has 2 saturated heterocycles. The minimum atomic E-state index is -2.70. The number of anilines is 1. The first-order valence-electron chi connectivity index (χ1n) is 15.2. The summed E-state index contributed by atoms with van der Waals surface area (Å²) in [4.78, 5) is 15.0. The molecule has 1 saturated carbocycles. The maximum Gasteiger partial charge on any atom is 0.296 e. The van der Waals surface area contributed by atoms with Crippen LogP contribution in [-0.4, -0.2) is 58.9 Å². The fourth-order valence-electron chi connectivity index (χ4n) is 5.72. The molecule has 0 radical (unpaired) electrons. The van der Waals surface area contributed by atoms with Crippen molar-refractivity contribution in [2.45, 2.75) is 84.5 Å². The monoisotopic (exact) mass is 556 g/mol. The molecule has 0 atom stereocenters. The van der Waals surface area contributed by atoms with Gasteiger partial charge in [-0.15, -0.1) is 0 Å². The van der Waals surface area contributed by atoms with Gasteiger partial charge in [-0.1, -0.05) is 70.4 Å². The number of imidazole rings is 1. The van der Waals surface area contributed by atoms with Crippen molar-refractivity contribution in [2.75, 3.05) is 44.3 Å². The van der Waals surface area contributed by atoms with Crippen molar-refractivity contribution < 1.29 is 13.5 Å². The van der Waals surface area contributed by atoms with E-state index in [9.17, 15) is 8.78 Å². The van der Waals surface area contributed by atoms with E-state index in [2.05, 4.69) is 32.1 Å². The Morgan fingerprint density at radius 1 is 0.925 bits per heavy atom.